The highest BCUT2D eigenvalue weighted by atomic mass is 16.6. The van der Waals surface area contributed by atoms with Crippen molar-refractivity contribution in [3.63, 3.8) is 0 Å². The zero-order chi connectivity index (χ0) is 14.3. The normalized spacial score (nSPS) is 22.5. The molecule has 2 atom stereocenters. The first kappa shape index (κ1) is 15.8. The fraction of sp³-hybridized carbons (Fsp3) is 0.800. The van der Waals surface area contributed by atoms with Crippen LogP contribution in [0.25, 0.3) is 0 Å². The van der Waals surface area contributed by atoms with E-state index in [-0.39, 0.29) is 6.09 Å². The molecule has 2 unspecified atom stereocenters. The number of carbonyl (C=O) groups is 1. The third-order valence-electron chi connectivity index (χ3n) is 3.20. The fourth-order valence-electron chi connectivity index (χ4n) is 2.35. The minimum Gasteiger partial charge on any atom is -0.444 e. The van der Waals surface area contributed by atoms with Crippen molar-refractivity contribution in [2.24, 2.45) is 5.92 Å². The van der Waals surface area contributed by atoms with Crippen LogP contribution >= 0.6 is 0 Å². The second kappa shape index (κ2) is 7.40. The standard InChI is InChI=1S/C15H26N2O2/c1-5-6-10-16-13-9-7-8-12(13)11-17-14(18)19-15(2,3)4/h12-13,16H,7-11H2,1-4H3,(H,17,18). The van der Waals surface area contributed by atoms with Gasteiger partial charge in [-0.05, 0) is 46.5 Å². The van der Waals surface area contributed by atoms with Crippen LogP contribution in [0.4, 0.5) is 4.79 Å². The summed E-state index contributed by atoms with van der Waals surface area (Å²) in [5, 5.41) is 6.30. The van der Waals surface area contributed by atoms with Crippen molar-refractivity contribution in [1.29, 1.82) is 0 Å². The third-order valence-corrected chi connectivity index (χ3v) is 3.20. The molecule has 0 saturated heterocycles. The summed E-state index contributed by atoms with van der Waals surface area (Å²) in [7, 11) is 0. The number of rotatable bonds is 4. The molecule has 1 rings (SSSR count). The molecule has 0 spiro atoms. The van der Waals surface area contributed by atoms with Gasteiger partial charge in [-0.1, -0.05) is 12.3 Å². The third kappa shape index (κ3) is 6.49. The molecule has 1 aliphatic rings. The quantitative estimate of drug-likeness (QED) is 0.768. The van der Waals surface area contributed by atoms with Gasteiger partial charge in [0.15, 0.2) is 0 Å². The van der Waals surface area contributed by atoms with Crippen LogP contribution in [0.15, 0.2) is 0 Å². The first-order valence-electron chi connectivity index (χ1n) is 7.02. The van der Waals surface area contributed by atoms with Crippen molar-refractivity contribution >= 4 is 6.09 Å². The van der Waals surface area contributed by atoms with Crippen molar-refractivity contribution in [1.82, 2.24) is 10.6 Å². The first-order valence-corrected chi connectivity index (χ1v) is 7.02. The van der Waals surface area contributed by atoms with E-state index in [4.69, 9.17) is 4.74 Å². The minimum absolute atomic E-state index is 0.327. The highest BCUT2D eigenvalue weighted by Gasteiger charge is 2.27. The van der Waals surface area contributed by atoms with Gasteiger partial charge in [-0.2, -0.15) is 0 Å². The number of ether oxygens (including phenoxy) is 1. The van der Waals surface area contributed by atoms with E-state index in [1.807, 2.05) is 27.7 Å². The van der Waals surface area contributed by atoms with Gasteiger partial charge in [0, 0.05) is 12.6 Å². The highest BCUT2D eigenvalue weighted by Crippen LogP contribution is 2.25. The first-order chi connectivity index (χ1) is 8.92. The molecule has 0 heterocycles. The maximum absolute atomic E-state index is 11.6. The SMILES string of the molecule is CC#CCNC1CCCC1CNC(=O)OC(C)(C)C. The lowest BCUT2D eigenvalue weighted by atomic mass is 10.0. The lowest BCUT2D eigenvalue weighted by Crippen LogP contribution is -2.41. The highest BCUT2D eigenvalue weighted by molar-refractivity contribution is 5.67. The Balaban J connectivity index is 2.30. The van der Waals surface area contributed by atoms with E-state index in [9.17, 15) is 4.79 Å². The molecule has 1 saturated carbocycles. The van der Waals surface area contributed by atoms with Crippen LogP contribution < -0.4 is 10.6 Å². The fourth-order valence-corrected chi connectivity index (χ4v) is 2.35. The molecular formula is C15H26N2O2. The molecule has 0 aromatic rings. The summed E-state index contributed by atoms with van der Waals surface area (Å²) < 4.78 is 5.24. The summed E-state index contributed by atoms with van der Waals surface area (Å²) in [5.41, 5.74) is -0.436. The smallest absolute Gasteiger partial charge is 0.407 e. The van der Waals surface area contributed by atoms with Crippen molar-refractivity contribution in [3.8, 4) is 11.8 Å². The largest absolute Gasteiger partial charge is 0.444 e. The summed E-state index contributed by atoms with van der Waals surface area (Å²) in [6.45, 7) is 8.86. The molecule has 0 radical (unpaired) electrons. The predicted octanol–water partition coefficient (Wildman–Crippen LogP) is 2.29. The average molecular weight is 266 g/mol. The summed E-state index contributed by atoms with van der Waals surface area (Å²) in [6, 6.07) is 0.454. The Labute approximate surface area is 116 Å². The van der Waals surface area contributed by atoms with Crippen molar-refractivity contribution < 1.29 is 9.53 Å². The van der Waals surface area contributed by atoms with Crippen LogP contribution in [-0.2, 0) is 4.74 Å². The Morgan fingerprint density at radius 3 is 2.74 bits per heavy atom. The number of amides is 1. The Hall–Kier alpha value is -1.21. The van der Waals surface area contributed by atoms with Crippen molar-refractivity contribution in [2.75, 3.05) is 13.1 Å². The predicted molar refractivity (Wildman–Crippen MR) is 76.8 cm³/mol. The maximum atomic E-state index is 11.6. The molecule has 4 heteroatoms. The molecular weight excluding hydrogens is 240 g/mol. The molecule has 1 fully saturated rings. The van der Waals surface area contributed by atoms with E-state index in [0.717, 1.165) is 19.4 Å². The number of hydrogen-bond donors (Lipinski definition) is 2. The van der Waals surface area contributed by atoms with Gasteiger partial charge in [0.2, 0.25) is 0 Å². The van der Waals surface area contributed by atoms with Crippen LogP contribution in [0.3, 0.4) is 0 Å². The molecule has 4 nitrogen and oxygen atoms in total. The number of carbonyl (C=O) groups excluding carboxylic acids is 1. The summed E-state index contributed by atoms with van der Waals surface area (Å²) in [5.74, 6) is 6.38. The van der Waals surface area contributed by atoms with Gasteiger partial charge in [-0.3, -0.25) is 0 Å². The van der Waals surface area contributed by atoms with E-state index >= 15 is 0 Å². The Bertz CT molecular complexity index is 349. The number of hydrogen-bond acceptors (Lipinski definition) is 3. The minimum atomic E-state index is -0.436. The van der Waals surface area contributed by atoms with E-state index in [1.165, 1.54) is 6.42 Å². The lowest BCUT2D eigenvalue weighted by molar-refractivity contribution is 0.0517. The Morgan fingerprint density at radius 1 is 1.37 bits per heavy atom. The van der Waals surface area contributed by atoms with Crippen LogP contribution in [0.5, 0.6) is 0 Å². The molecule has 19 heavy (non-hydrogen) atoms. The van der Waals surface area contributed by atoms with E-state index in [0.29, 0.717) is 18.5 Å². The summed E-state index contributed by atoms with van der Waals surface area (Å²) >= 11 is 0. The molecule has 1 amide bonds. The summed E-state index contributed by atoms with van der Waals surface area (Å²) in [4.78, 5) is 11.6. The second-order valence-electron chi connectivity index (χ2n) is 5.99. The van der Waals surface area contributed by atoms with Gasteiger partial charge < -0.3 is 15.4 Å². The van der Waals surface area contributed by atoms with Crippen LogP contribution in [0, 0.1) is 17.8 Å². The molecule has 0 aliphatic heterocycles. The monoisotopic (exact) mass is 266 g/mol. The molecule has 108 valence electrons. The molecule has 1 aliphatic carbocycles. The molecule has 0 aromatic heterocycles. The van der Waals surface area contributed by atoms with Crippen molar-refractivity contribution in [2.45, 2.75) is 58.6 Å². The lowest BCUT2D eigenvalue weighted by Gasteiger charge is -2.23. The van der Waals surface area contributed by atoms with Gasteiger partial charge >= 0.3 is 6.09 Å². The van der Waals surface area contributed by atoms with E-state index < -0.39 is 5.60 Å². The molecule has 2 N–H and O–H groups in total. The number of nitrogens with one attached hydrogen (secondary N) is 2. The summed E-state index contributed by atoms with van der Waals surface area (Å²) in [6.07, 6.45) is 3.18. The van der Waals surface area contributed by atoms with Gasteiger partial charge in [-0.15, -0.1) is 5.92 Å². The zero-order valence-electron chi connectivity index (χ0n) is 12.5. The average Bonchev–Trinajstić information content (AvgIpc) is 2.72. The van der Waals surface area contributed by atoms with Gasteiger partial charge in [0.1, 0.15) is 5.60 Å². The van der Waals surface area contributed by atoms with Crippen LogP contribution in [0.1, 0.15) is 47.0 Å². The molecule has 0 aromatic carbocycles. The maximum Gasteiger partial charge on any atom is 0.407 e. The van der Waals surface area contributed by atoms with Crippen LogP contribution in [0.2, 0.25) is 0 Å². The van der Waals surface area contributed by atoms with Gasteiger partial charge in [0.05, 0.1) is 6.54 Å². The Morgan fingerprint density at radius 2 is 2.11 bits per heavy atom. The van der Waals surface area contributed by atoms with Gasteiger partial charge in [-0.25, -0.2) is 4.79 Å². The topological polar surface area (TPSA) is 50.4 Å². The zero-order valence-corrected chi connectivity index (χ0v) is 12.5. The molecule has 0 bridgehead atoms. The van der Waals surface area contributed by atoms with Crippen LogP contribution in [-0.4, -0.2) is 30.8 Å². The second-order valence-corrected chi connectivity index (χ2v) is 5.99. The Kier molecular flexibility index (Phi) is 6.17. The van der Waals surface area contributed by atoms with Gasteiger partial charge in [0.25, 0.3) is 0 Å². The van der Waals surface area contributed by atoms with E-state index in [1.54, 1.807) is 0 Å². The van der Waals surface area contributed by atoms with Crippen molar-refractivity contribution in [3.05, 3.63) is 0 Å². The number of alkyl carbamates (subject to hydrolysis) is 1. The van der Waals surface area contributed by atoms with E-state index in [2.05, 4.69) is 22.5 Å².